The van der Waals surface area contributed by atoms with E-state index < -0.39 is 0 Å². The van der Waals surface area contributed by atoms with Crippen molar-refractivity contribution in [3.05, 3.63) is 170 Å². The fourth-order valence-electron chi connectivity index (χ4n) is 9.31. The first-order valence-corrected chi connectivity index (χ1v) is 19.5. The zero-order chi connectivity index (χ0) is 35.8. The highest BCUT2D eigenvalue weighted by atomic mass is 32.1. The van der Waals surface area contributed by atoms with Crippen molar-refractivity contribution in [2.75, 3.05) is 0 Å². The van der Waals surface area contributed by atoms with Crippen molar-refractivity contribution >= 4 is 102 Å². The Morgan fingerprint density at radius 1 is 0.436 bits per heavy atom. The molecule has 5 heterocycles. The maximum absolute atomic E-state index is 5.27. The monoisotopic (exact) mass is 716 g/mol. The Morgan fingerprint density at radius 3 is 1.96 bits per heavy atom. The first-order valence-electron chi connectivity index (χ1n) is 18.7. The van der Waals surface area contributed by atoms with Gasteiger partial charge in [0, 0.05) is 64.6 Å². The summed E-state index contributed by atoms with van der Waals surface area (Å²) in [5.41, 5.74) is 11.4. The van der Waals surface area contributed by atoms with Crippen LogP contribution in [0.1, 0.15) is 0 Å². The molecule has 0 radical (unpaired) electrons. The van der Waals surface area contributed by atoms with Crippen LogP contribution in [0.2, 0.25) is 0 Å². The number of hydrogen-bond acceptors (Lipinski definition) is 3. The first kappa shape index (κ1) is 29.4. The predicted octanol–water partition coefficient (Wildman–Crippen LogP) is 13.6. The number of para-hydroxylation sites is 2. The molecule has 0 fully saturated rings. The van der Waals surface area contributed by atoms with Gasteiger partial charge in [0.05, 0.1) is 43.5 Å². The average Bonchev–Trinajstić information content (AvgIpc) is 3.99. The van der Waals surface area contributed by atoms with E-state index in [0.717, 1.165) is 38.5 Å². The van der Waals surface area contributed by atoms with E-state index in [1.165, 1.54) is 80.8 Å². The molecule has 13 rings (SSSR count). The SMILES string of the molecule is c1ccc(-c2nc(-c3ccc(-n4c5cc6c7ccccc7n7c8ccccc8c(c5c5ccc8ccccc8c54)c67)cc3)c3sc4ccccc4c3n2)cc1. The second-order valence-corrected chi connectivity index (χ2v) is 15.6. The molecule has 5 heteroatoms. The molecule has 0 atom stereocenters. The Labute approximate surface area is 318 Å². The fourth-order valence-corrected chi connectivity index (χ4v) is 10.5. The van der Waals surface area contributed by atoms with E-state index in [1.54, 1.807) is 11.3 Å². The third-order valence-corrected chi connectivity index (χ3v) is 12.8. The van der Waals surface area contributed by atoms with Crippen molar-refractivity contribution in [1.29, 1.82) is 0 Å². The Morgan fingerprint density at radius 2 is 1.13 bits per heavy atom. The van der Waals surface area contributed by atoms with Crippen LogP contribution in [0.25, 0.3) is 119 Å². The fraction of sp³-hybridized carbons (Fsp3) is 0. The average molecular weight is 717 g/mol. The standard InChI is InChI=1S/C50H28N4S/c1-2-13-31(14-3-1)50-51-45(49-46(52-50)36-18-8-11-21-42(36)55-49)30-22-25-32(26-23-30)53-41-28-38-34-16-6-9-19-39(34)54-40-20-10-7-17-35(40)44(48(38)54)43(41)37-27-24-29-12-4-5-15-33(29)47(37)53/h1-28H. The predicted molar refractivity (Wildman–Crippen MR) is 232 cm³/mol. The van der Waals surface area contributed by atoms with Crippen molar-refractivity contribution in [2.45, 2.75) is 0 Å². The number of rotatable bonds is 3. The van der Waals surface area contributed by atoms with Crippen molar-refractivity contribution in [3.63, 3.8) is 0 Å². The van der Waals surface area contributed by atoms with Gasteiger partial charge in [0.1, 0.15) is 0 Å². The van der Waals surface area contributed by atoms with Gasteiger partial charge in [-0.1, -0.05) is 133 Å². The molecular weight excluding hydrogens is 689 g/mol. The molecule has 0 spiro atoms. The van der Waals surface area contributed by atoms with Gasteiger partial charge in [-0.15, -0.1) is 11.3 Å². The van der Waals surface area contributed by atoms with Crippen LogP contribution in [0.15, 0.2) is 170 Å². The summed E-state index contributed by atoms with van der Waals surface area (Å²) < 4.78 is 7.31. The molecule has 0 saturated carbocycles. The van der Waals surface area contributed by atoms with Gasteiger partial charge in [-0.05, 0) is 41.8 Å². The smallest absolute Gasteiger partial charge is 0.160 e. The van der Waals surface area contributed by atoms with Crippen LogP contribution < -0.4 is 0 Å². The third-order valence-electron chi connectivity index (χ3n) is 11.6. The van der Waals surface area contributed by atoms with E-state index in [-0.39, 0.29) is 0 Å². The normalized spacial score (nSPS) is 12.4. The van der Waals surface area contributed by atoms with Crippen molar-refractivity contribution < 1.29 is 0 Å². The molecule has 55 heavy (non-hydrogen) atoms. The molecule has 0 aliphatic heterocycles. The van der Waals surface area contributed by atoms with E-state index >= 15 is 0 Å². The molecule has 4 nitrogen and oxygen atoms in total. The molecule has 0 bridgehead atoms. The summed E-state index contributed by atoms with van der Waals surface area (Å²) in [6.07, 6.45) is 0. The lowest BCUT2D eigenvalue weighted by molar-refractivity contribution is 1.19. The summed E-state index contributed by atoms with van der Waals surface area (Å²) >= 11 is 1.77. The Hall–Kier alpha value is -7.08. The minimum atomic E-state index is 0.742. The Balaban J connectivity index is 1.13. The number of aromatic nitrogens is 4. The van der Waals surface area contributed by atoms with Crippen LogP contribution >= 0.6 is 11.3 Å². The van der Waals surface area contributed by atoms with Gasteiger partial charge in [-0.25, -0.2) is 9.97 Å². The summed E-state index contributed by atoms with van der Waals surface area (Å²) in [4.78, 5) is 10.4. The molecule has 0 aliphatic rings. The molecule has 13 aromatic rings. The van der Waals surface area contributed by atoms with Gasteiger partial charge < -0.3 is 8.97 Å². The number of fused-ring (bicyclic) bond motifs is 15. The lowest BCUT2D eigenvalue weighted by atomic mass is 10.0. The van der Waals surface area contributed by atoms with Crippen molar-refractivity contribution in [2.24, 2.45) is 0 Å². The van der Waals surface area contributed by atoms with Crippen LogP contribution in [0, 0.1) is 0 Å². The highest BCUT2D eigenvalue weighted by molar-refractivity contribution is 7.26. The lowest BCUT2D eigenvalue weighted by Crippen LogP contribution is -1.96. The highest BCUT2D eigenvalue weighted by Crippen LogP contribution is 2.48. The quantitative estimate of drug-likeness (QED) is 0.182. The molecule has 0 unspecified atom stereocenters. The largest absolute Gasteiger partial charge is 0.309 e. The second-order valence-electron chi connectivity index (χ2n) is 14.5. The number of hydrogen-bond donors (Lipinski definition) is 0. The summed E-state index contributed by atoms with van der Waals surface area (Å²) in [6, 6.07) is 61.5. The van der Waals surface area contributed by atoms with E-state index in [4.69, 9.17) is 9.97 Å². The number of nitrogens with zero attached hydrogens (tertiary/aromatic N) is 4. The van der Waals surface area contributed by atoms with Gasteiger partial charge in [0.2, 0.25) is 0 Å². The lowest BCUT2D eigenvalue weighted by Gasteiger charge is -2.12. The van der Waals surface area contributed by atoms with E-state index in [1.807, 2.05) is 6.07 Å². The van der Waals surface area contributed by atoms with E-state index in [2.05, 4.69) is 173 Å². The molecular formula is C50H28N4S. The summed E-state index contributed by atoms with van der Waals surface area (Å²) in [7, 11) is 0. The zero-order valence-corrected chi connectivity index (χ0v) is 30.2. The van der Waals surface area contributed by atoms with Crippen molar-refractivity contribution in [3.8, 4) is 28.3 Å². The molecule has 0 amide bonds. The zero-order valence-electron chi connectivity index (χ0n) is 29.4. The maximum atomic E-state index is 5.27. The highest BCUT2D eigenvalue weighted by Gasteiger charge is 2.25. The Kier molecular flexibility index (Phi) is 5.74. The van der Waals surface area contributed by atoms with Crippen LogP contribution in [0.5, 0.6) is 0 Å². The van der Waals surface area contributed by atoms with Crippen LogP contribution in [0.4, 0.5) is 0 Å². The molecule has 254 valence electrons. The van der Waals surface area contributed by atoms with Crippen LogP contribution in [0.3, 0.4) is 0 Å². The van der Waals surface area contributed by atoms with Gasteiger partial charge in [0.25, 0.3) is 0 Å². The number of thiophene rings is 1. The van der Waals surface area contributed by atoms with Gasteiger partial charge in [0.15, 0.2) is 5.82 Å². The minimum absolute atomic E-state index is 0.742. The van der Waals surface area contributed by atoms with Gasteiger partial charge >= 0.3 is 0 Å². The maximum Gasteiger partial charge on any atom is 0.160 e. The Bertz CT molecular complexity index is 3700. The molecule has 5 aromatic heterocycles. The van der Waals surface area contributed by atoms with Crippen LogP contribution in [-0.4, -0.2) is 18.9 Å². The third kappa shape index (κ3) is 3.89. The topological polar surface area (TPSA) is 35.1 Å². The van der Waals surface area contributed by atoms with E-state index in [9.17, 15) is 0 Å². The van der Waals surface area contributed by atoms with Gasteiger partial charge in [-0.2, -0.15) is 0 Å². The molecule has 0 saturated heterocycles. The molecule has 0 N–H and O–H groups in total. The summed E-state index contributed by atoms with van der Waals surface area (Å²) in [6.45, 7) is 0. The minimum Gasteiger partial charge on any atom is -0.309 e. The van der Waals surface area contributed by atoms with Crippen molar-refractivity contribution in [1.82, 2.24) is 18.9 Å². The molecule has 0 aliphatic carbocycles. The summed E-state index contributed by atoms with van der Waals surface area (Å²) in [5, 5.41) is 11.3. The van der Waals surface area contributed by atoms with Gasteiger partial charge in [-0.3, -0.25) is 0 Å². The first-order chi connectivity index (χ1) is 27.3. The van der Waals surface area contributed by atoms with E-state index in [0.29, 0.717) is 0 Å². The molecule has 8 aromatic carbocycles. The van der Waals surface area contributed by atoms with Crippen LogP contribution in [-0.2, 0) is 0 Å². The summed E-state index contributed by atoms with van der Waals surface area (Å²) in [5.74, 6) is 0.742. The second kappa shape index (κ2) is 10.8. The number of benzene rings is 8.